The molecule has 2 fully saturated rings. The van der Waals surface area contributed by atoms with Crippen LogP contribution in [0.1, 0.15) is 23.8 Å². The Bertz CT molecular complexity index is 727. The van der Waals surface area contributed by atoms with Crippen LogP contribution in [0.25, 0.3) is 0 Å². The van der Waals surface area contributed by atoms with Crippen molar-refractivity contribution in [2.45, 2.75) is 25.5 Å². The van der Waals surface area contributed by atoms with E-state index in [0.717, 1.165) is 5.69 Å². The van der Waals surface area contributed by atoms with E-state index in [1.165, 1.54) is 0 Å². The number of amides is 1. The van der Waals surface area contributed by atoms with Crippen LogP contribution in [0.2, 0.25) is 0 Å². The zero-order valence-electron chi connectivity index (χ0n) is 18.1. The van der Waals surface area contributed by atoms with Crippen molar-refractivity contribution in [1.29, 1.82) is 0 Å². The Balaban J connectivity index is 1.70. The summed E-state index contributed by atoms with van der Waals surface area (Å²) in [5.74, 6) is -0.0264. The van der Waals surface area contributed by atoms with Crippen LogP contribution >= 0.6 is 0 Å². The van der Waals surface area contributed by atoms with Gasteiger partial charge in [-0.1, -0.05) is 0 Å². The molecular weight excluding hydrogens is 409 g/mol. The number of methoxy groups -OCH3 is 1. The monoisotopic (exact) mass is 441 g/mol. The van der Waals surface area contributed by atoms with Crippen molar-refractivity contribution in [3.8, 4) is 5.88 Å². The van der Waals surface area contributed by atoms with Crippen LogP contribution in [-0.2, 0) is 14.2 Å². The van der Waals surface area contributed by atoms with Gasteiger partial charge in [-0.05, 0) is 25.5 Å². The van der Waals surface area contributed by atoms with Gasteiger partial charge in [-0.3, -0.25) is 9.18 Å². The number of alkyl halides is 1. The Morgan fingerprint density at radius 3 is 2.81 bits per heavy atom. The van der Waals surface area contributed by atoms with E-state index in [4.69, 9.17) is 18.9 Å². The average Bonchev–Trinajstić information content (AvgIpc) is 2.71. The van der Waals surface area contributed by atoms with E-state index in [9.17, 15) is 14.3 Å². The molecule has 3 heterocycles. The fraction of sp³-hybridized carbons (Fsp3) is 0.714. The van der Waals surface area contributed by atoms with Gasteiger partial charge in [-0.25, -0.2) is 4.98 Å². The number of hydrogen-bond acceptors (Lipinski definition) is 8. The molecule has 0 aliphatic carbocycles. The van der Waals surface area contributed by atoms with Gasteiger partial charge in [0.05, 0.1) is 44.6 Å². The Morgan fingerprint density at radius 2 is 2.19 bits per heavy atom. The summed E-state index contributed by atoms with van der Waals surface area (Å²) in [6.07, 6.45) is 0.513. The first-order valence-corrected chi connectivity index (χ1v) is 10.5. The number of nitrogens with zero attached hydrogens (tertiary/aromatic N) is 2. The summed E-state index contributed by atoms with van der Waals surface area (Å²) in [5.41, 5.74) is 0.679. The SMILES string of the molecule is COC1CN(c2ccc(C(=O)N[C@@H](C)CO)nc2OCC2(COCCCF)COC2)C1. The molecule has 31 heavy (non-hydrogen) atoms. The van der Waals surface area contributed by atoms with Crippen molar-refractivity contribution in [3.05, 3.63) is 17.8 Å². The number of halogens is 1. The summed E-state index contributed by atoms with van der Waals surface area (Å²) in [6.45, 7) is 4.60. The van der Waals surface area contributed by atoms with E-state index < -0.39 is 6.67 Å². The molecule has 2 saturated heterocycles. The van der Waals surface area contributed by atoms with E-state index in [-0.39, 0.29) is 35.8 Å². The molecule has 1 aromatic rings. The Morgan fingerprint density at radius 1 is 1.42 bits per heavy atom. The third-order valence-corrected chi connectivity index (χ3v) is 5.41. The smallest absolute Gasteiger partial charge is 0.270 e. The Labute approximate surface area is 181 Å². The van der Waals surface area contributed by atoms with E-state index in [2.05, 4.69) is 15.2 Å². The lowest BCUT2D eigenvalue weighted by atomic mass is 9.88. The highest BCUT2D eigenvalue weighted by atomic mass is 19.1. The third-order valence-electron chi connectivity index (χ3n) is 5.41. The molecule has 0 radical (unpaired) electrons. The number of aliphatic hydroxyl groups is 1. The second kappa shape index (κ2) is 11.0. The van der Waals surface area contributed by atoms with Gasteiger partial charge < -0.3 is 34.3 Å². The molecule has 1 amide bonds. The summed E-state index contributed by atoms with van der Waals surface area (Å²) in [7, 11) is 1.68. The second-order valence-corrected chi connectivity index (χ2v) is 8.22. The number of hydrogen-bond donors (Lipinski definition) is 2. The van der Waals surface area contributed by atoms with Crippen molar-refractivity contribution in [3.63, 3.8) is 0 Å². The van der Waals surface area contributed by atoms with Gasteiger partial charge >= 0.3 is 0 Å². The molecule has 0 bridgehead atoms. The largest absolute Gasteiger partial charge is 0.475 e. The van der Waals surface area contributed by atoms with E-state index >= 15 is 0 Å². The number of anilines is 1. The fourth-order valence-corrected chi connectivity index (χ4v) is 3.30. The molecule has 0 saturated carbocycles. The topological polar surface area (TPSA) is 102 Å². The van der Waals surface area contributed by atoms with E-state index in [1.807, 2.05) is 6.07 Å². The minimum atomic E-state index is -0.407. The van der Waals surface area contributed by atoms with Gasteiger partial charge in [0.2, 0.25) is 5.88 Å². The zero-order chi connectivity index (χ0) is 22.3. The molecule has 0 aromatic carbocycles. The van der Waals surface area contributed by atoms with Crippen LogP contribution in [0.4, 0.5) is 10.1 Å². The minimum Gasteiger partial charge on any atom is -0.475 e. The molecule has 10 heteroatoms. The standard InChI is InChI=1S/C21H32FN3O6/c1-15(10-26)23-19(27)17-4-5-18(25-8-16(9-25)28-2)20(24-17)31-14-21(12-30-13-21)11-29-7-3-6-22/h4-5,15-16,26H,3,6-14H2,1-2H3,(H,23,27)/t15-/m0/s1. The summed E-state index contributed by atoms with van der Waals surface area (Å²) in [6, 6.07) is 3.08. The number of carbonyl (C=O) groups excluding carboxylic acids is 1. The van der Waals surface area contributed by atoms with Gasteiger partial charge in [0.15, 0.2) is 0 Å². The van der Waals surface area contributed by atoms with Crippen molar-refractivity contribution in [2.75, 3.05) is 71.4 Å². The highest BCUT2D eigenvalue weighted by molar-refractivity contribution is 5.93. The fourth-order valence-electron chi connectivity index (χ4n) is 3.30. The lowest BCUT2D eigenvalue weighted by Gasteiger charge is -2.42. The quantitative estimate of drug-likeness (QED) is 0.434. The van der Waals surface area contributed by atoms with Crippen LogP contribution < -0.4 is 15.0 Å². The van der Waals surface area contributed by atoms with Gasteiger partial charge in [-0.15, -0.1) is 0 Å². The Kier molecular flexibility index (Phi) is 8.42. The maximum atomic E-state index is 12.5. The summed E-state index contributed by atoms with van der Waals surface area (Å²) >= 11 is 0. The molecule has 2 N–H and O–H groups in total. The third kappa shape index (κ3) is 6.03. The first-order chi connectivity index (χ1) is 15.0. The molecule has 2 aliphatic rings. The lowest BCUT2D eigenvalue weighted by Crippen LogP contribution is -2.52. The van der Waals surface area contributed by atoms with Gasteiger partial charge in [0, 0.05) is 32.8 Å². The predicted octanol–water partition coefficient (Wildman–Crippen LogP) is 0.799. The predicted molar refractivity (Wildman–Crippen MR) is 111 cm³/mol. The molecule has 0 spiro atoms. The molecule has 3 rings (SSSR count). The van der Waals surface area contributed by atoms with Crippen LogP contribution in [0, 0.1) is 5.41 Å². The number of rotatable bonds is 13. The normalized spacial score (nSPS) is 18.8. The number of nitrogens with one attached hydrogen (secondary N) is 1. The first-order valence-electron chi connectivity index (χ1n) is 10.5. The van der Waals surface area contributed by atoms with Crippen LogP contribution in [0.15, 0.2) is 12.1 Å². The van der Waals surface area contributed by atoms with Gasteiger partial charge in [0.25, 0.3) is 5.91 Å². The molecule has 2 aliphatic heterocycles. The molecular formula is C21H32FN3O6. The Hall–Kier alpha value is -2.01. The van der Waals surface area contributed by atoms with Crippen molar-refractivity contribution >= 4 is 11.6 Å². The average molecular weight is 442 g/mol. The van der Waals surface area contributed by atoms with Crippen LogP contribution in [0.3, 0.4) is 0 Å². The molecule has 1 aromatic heterocycles. The van der Waals surface area contributed by atoms with Gasteiger partial charge in [0.1, 0.15) is 18.0 Å². The second-order valence-electron chi connectivity index (χ2n) is 8.22. The maximum absolute atomic E-state index is 12.5. The number of pyridine rings is 1. The zero-order valence-corrected chi connectivity index (χ0v) is 18.1. The van der Waals surface area contributed by atoms with Crippen molar-refractivity contribution < 1.29 is 33.2 Å². The number of ether oxygens (including phenoxy) is 4. The number of aromatic nitrogens is 1. The first kappa shape index (κ1) is 23.6. The summed E-state index contributed by atoms with van der Waals surface area (Å²) in [4.78, 5) is 19.0. The van der Waals surface area contributed by atoms with Crippen LogP contribution in [-0.4, -0.2) is 94.7 Å². The van der Waals surface area contributed by atoms with Gasteiger partial charge in [-0.2, -0.15) is 0 Å². The van der Waals surface area contributed by atoms with Crippen molar-refractivity contribution in [2.24, 2.45) is 5.41 Å². The highest BCUT2D eigenvalue weighted by Gasteiger charge is 2.41. The summed E-state index contributed by atoms with van der Waals surface area (Å²) < 4.78 is 34.7. The van der Waals surface area contributed by atoms with E-state index in [0.29, 0.717) is 58.4 Å². The van der Waals surface area contributed by atoms with E-state index in [1.54, 1.807) is 20.1 Å². The molecule has 9 nitrogen and oxygen atoms in total. The highest BCUT2D eigenvalue weighted by Crippen LogP contribution is 2.34. The molecule has 1 atom stereocenters. The number of carbonyl (C=O) groups is 1. The lowest BCUT2D eigenvalue weighted by molar-refractivity contribution is -0.164. The minimum absolute atomic E-state index is 0.150. The summed E-state index contributed by atoms with van der Waals surface area (Å²) in [5, 5.41) is 11.9. The number of aliphatic hydroxyl groups excluding tert-OH is 1. The molecule has 0 unspecified atom stereocenters. The molecule has 174 valence electrons. The van der Waals surface area contributed by atoms with Crippen molar-refractivity contribution in [1.82, 2.24) is 10.3 Å². The maximum Gasteiger partial charge on any atom is 0.270 e. The van der Waals surface area contributed by atoms with Crippen LogP contribution in [0.5, 0.6) is 5.88 Å².